The number of anilines is 1. The van der Waals surface area contributed by atoms with Gasteiger partial charge in [0.15, 0.2) is 0 Å². The van der Waals surface area contributed by atoms with Gasteiger partial charge in [0.05, 0.1) is 0 Å². The van der Waals surface area contributed by atoms with Crippen LogP contribution in [0.5, 0.6) is 0 Å². The summed E-state index contributed by atoms with van der Waals surface area (Å²) in [5.74, 6) is 0. The van der Waals surface area contributed by atoms with Crippen LogP contribution in [0.2, 0.25) is 5.02 Å². The van der Waals surface area contributed by atoms with Crippen molar-refractivity contribution in [3.8, 4) is 0 Å². The molecule has 5 heteroatoms. The lowest BCUT2D eigenvalue weighted by atomic mass is 10.0. The number of urea groups is 1. The van der Waals surface area contributed by atoms with Gasteiger partial charge < -0.3 is 16.0 Å². The van der Waals surface area contributed by atoms with Crippen LogP contribution in [0.25, 0.3) is 0 Å². The molecule has 0 saturated carbocycles. The van der Waals surface area contributed by atoms with E-state index in [4.69, 9.17) is 11.6 Å². The number of benzene rings is 1. The van der Waals surface area contributed by atoms with Crippen molar-refractivity contribution in [2.45, 2.75) is 38.8 Å². The first kappa shape index (κ1) is 14.2. The summed E-state index contributed by atoms with van der Waals surface area (Å²) >= 11 is 6.03. The average molecular weight is 282 g/mol. The molecule has 0 bridgehead atoms. The van der Waals surface area contributed by atoms with Gasteiger partial charge in [-0.15, -0.1) is 0 Å². The number of piperidine rings is 1. The predicted octanol–water partition coefficient (Wildman–Crippen LogP) is 2.91. The van der Waals surface area contributed by atoms with Gasteiger partial charge in [0.2, 0.25) is 0 Å². The van der Waals surface area contributed by atoms with Gasteiger partial charge in [-0.05, 0) is 50.9 Å². The Bertz CT molecular complexity index is 464. The number of halogens is 1. The van der Waals surface area contributed by atoms with Crippen LogP contribution in [-0.2, 0) is 0 Å². The molecule has 19 heavy (non-hydrogen) atoms. The molecule has 0 aliphatic carbocycles. The molecule has 0 radical (unpaired) electrons. The summed E-state index contributed by atoms with van der Waals surface area (Å²) in [7, 11) is 0. The van der Waals surface area contributed by atoms with E-state index >= 15 is 0 Å². The van der Waals surface area contributed by atoms with Crippen LogP contribution in [0.4, 0.5) is 10.5 Å². The van der Waals surface area contributed by atoms with Gasteiger partial charge in [0.25, 0.3) is 0 Å². The number of aryl methyl sites for hydroxylation is 1. The van der Waals surface area contributed by atoms with E-state index in [0.29, 0.717) is 16.8 Å². The van der Waals surface area contributed by atoms with Crippen molar-refractivity contribution in [1.82, 2.24) is 10.6 Å². The van der Waals surface area contributed by atoms with Crippen LogP contribution in [0.15, 0.2) is 18.2 Å². The minimum Gasteiger partial charge on any atom is -0.334 e. The Labute approximate surface area is 118 Å². The Kier molecular flexibility index (Phi) is 4.66. The molecule has 2 rings (SSSR count). The second-order valence-electron chi connectivity index (χ2n) is 5.05. The first-order chi connectivity index (χ1) is 9.06. The highest BCUT2D eigenvalue weighted by Crippen LogP contribution is 2.20. The summed E-state index contributed by atoms with van der Waals surface area (Å²) in [5, 5.41) is 9.82. The largest absolute Gasteiger partial charge is 0.334 e. The van der Waals surface area contributed by atoms with Gasteiger partial charge in [-0.25, -0.2) is 4.79 Å². The van der Waals surface area contributed by atoms with Crippen molar-refractivity contribution >= 4 is 23.3 Å². The quantitative estimate of drug-likeness (QED) is 0.781. The van der Waals surface area contributed by atoms with Crippen LogP contribution >= 0.6 is 11.6 Å². The highest BCUT2D eigenvalue weighted by Gasteiger charge is 2.22. The molecule has 2 unspecified atom stereocenters. The number of hydrogen-bond donors (Lipinski definition) is 3. The summed E-state index contributed by atoms with van der Waals surface area (Å²) in [5.41, 5.74) is 1.71. The molecular formula is C14H20ClN3O. The maximum absolute atomic E-state index is 11.9. The zero-order valence-corrected chi connectivity index (χ0v) is 12.1. The number of carbonyl (C=O) groups is 1. The van der Waals surface area contributed by atoms with Gasteiger partial charge >= 0.3 is 6.03 Å². The van der Waals surface area contributed by atoms with E-state index in [0.717, 1.165) is 24.9 Å². The number of hydrogen-bond acceptors (Lipinski definition) is 2. The van der Waals surface area contributed by atoms with Gasteiger partial charge in [-0.2, -0.15) is 0 Å². The fraction of sp³-hybridized carbons (Fsp3) is 0.500. The Balaban J connectivity index is 1.91. The van der Waals surface area contributed by atoms with Crippen molar-refractivity contribution in [2.75, 3.05) is 11.9 Å². The summed E-state index contributed by atoms with van der Waals surface area (Å²) < 4.78 is 0. The van der Waals surface area contributed by atoms with E-state index in [2.05, 4.69) is 22.9 Å². The first-order valence-corrected chi connectivity index (χ1v) is 7.01. The van der Waals surface area contributed by atoms with Gasteiger partial charge in [-0.1, -0.05) is 17.7 Å². The molecular weight excluding hydrogens is 262 g/mol. The summed E-state index contributed by atoms with van der Waals surface area (Å²) in [6, 6.07) is 5.81. The van der Waals surface area contributed by atoms with Crippen molar-refractivity contribution in [2.24, 2.45) is 0 Å². The highest BCUT2D eigenvalue weighted by molar-refractivity contribution is 6.31. The SMILES string of the molecule is Cc1ccc(NC(=O)NC2CCCNC2C)cc1Cl. The first-order valence-electron chi connectivity index (χ1n) is 6.63. The third kappa shape index (κ3) is 3.85. The predicted molar refractivity (Wildman–Crippen MR) is 78.8 cm³/mol. The molecule has 1 aliphatic heterocycles. The maximum atomic E-state index is 11.9. The minimum absolute atomic E-state index is 0.176. The van der Waals surface area contributed by atoms with Crippen LogP contribution in [-0.4, -0.2) is 24.7 Å². The Morgan fingerprint density at radius 3 is 2.95 bits per heavy atom. The summed E-state index contributed by atoms with van der Waals surface area (Å²) in [6.45, 7) is 5.04. The van der Waals surface area contributed by atoms with Gasteiger partial charge in [0, 0.05) is 22.8 Å². The van der Waals surface area contributed by atoms with Crippen LogP contribution < -0.4 is 16.0 Å². The molecule has 1 heterocycles. The Hall–Kier alpha value is -1.26. The molecule has 2 amide bonds. The smallest absolute Gasteiger partial charge is 0.319 e. The number of carbonyl (C=O) groups excluding carboxylic acids is 1. The van der Waals surface area contributed by atoms with Crippen molar-refractivity contribution in [3.63, 3.8) is 0 Å². The highest BCUT2D eigenvalue weighted by atomic mass is 35.5. The van der Waals surface area contributed by atoms with E-state index in [1.54, 1.807) is 6.07 Å². The van der Waals surface area contributed by atoms with Gasteiger partial charge in [-0.3, -0.25) is 0 Å². The molecule has 1 aromatic rings. The standard InChI is InChI=1S/C14H20ClN3O/c1-9-5-6-11(8-12(9)15)17-14(19)18-13-4-3-7-16-10(13)2/h5-6,8,10,13,16H,3-4,7H2,1-2H3,(H2,17,18,19). The number of nitrogens with one attached hydrogen (secondary N) is 3. The summed E-state index contributed by atoms with van der Waals surface area (Å²) in [4.78, 5) is 11.9. The second kappa shape index (κ2) is 6.26. The second-order valence-corrected chi connectivity index (χ2v) is 5.46. The molecule has 104 valence electrons. The zero-order valence-electron chi connectivity index (χ0n) is 11.3. The zero-order chi connectivity index (χ0) is 13.8. The van der Waals surface area contributed by atoms with E-state index in [1.807, 2.05) is 19.1 Å². The van der Waals surface area contributed by atoms with Gasteiger partial charge in [0.1, 0.15) is 0 Å². The molecule has 4 nitrogen and oxygen atoms in total. The lowest BCUT2D eigenvalue weighted by Gasteiger charge is -2.30. The van der Waals surface area contributed by atoms with Crippen LogP contribution in [0, 0.1) is 6.92 Å². The molecule has 1 aliphatic rings. The third-order valence-corrected chi connectivity index (χ3v) is 3.92. The van der Waals surface area contributed by atoms with Crippen molar-refractivity contribution in [3.05, 3.63) is 28.8 Å². The Morgan fingerprint density at radius 2 is 2.26 bits per heavy atom. The maximum Gasteiger partial charge on any atom is 0.319 e. The van der Waals surface area contributed by atoms with Crippen molar-refractivity contribution < 1.29 is 4.79 Å². The normalized spacial score (nSPS) is 22.9. The van der Waals surface area contributed by atoms with Crippen molar-refractivity contribution in [1.29, 1.82) is 0 Å². The molecule has 2 atom stereocenters. The number of rotatable bonds is 2. The monoisotopic (exact) mass is 281 g/mol. The third-order valence-electron chi connectivity index (χ3n) is 3.51. The van der Waals surface area contributed by atoms with Crippen LogP contribution in [0.1, 0.15) is 25.3 Å². The number of amides is 2. The molecule has 0 spiro atoms. The molecule has 1 saturated heterocycles. The fourth-order valence-corrected chi connectivity index (χ4v) is 2.43. The topological polar surface area (TPSA) is 53.2 Å². The lowest BCUT2D eigenvalue weighted by molar-refractivity contribution is 0.239. The van der Waals surface area contributed by atoms with E-state index in [-0.39, 0.29) is 12.1 Å². The average Bonchev–Trinajstić information content (AvgIpc) is 2.37. The van der Waals surface area contributed by atoms with E-state index < -0.39 is 0 Å². The fourth-order valence-electron chi connectivity index (χ4n) is 2.25. The van der Waals surface area contributed by atoms with E-state index in [1.165, 1.54) is 0 Å². The van der Waals surface area contributed by atoms with E-state index in [9.17, 15) is 4.79 Å². The lowest BCUT2D eigenvalue weighted by Crippen LogP contribution is -2.52. The molecule has 3 N–H and O–H groups in total. The summed E-state index contributed by atoms with van der Waals surface area (Å²) in [6.07, 6.45) is 2.10. The Morgan fingerprint density at radius 1 is 1.47 bits per heavy atom. The minimum atomic E-state index is -0.180. The molecule has 1 fully saturated rings. The molecule has 0 aromatic heterocycles. The van der Waals surface area contributed by atoms with Crippen LogP contribution in [0.3, 0.4) is 0 Å². The molecule has 1 aromatic carbocycles.